The van der Waals surface area contributed by atoms with Crippen molar-refractivity contribution in [3.05, 3.63) is 59.7 Å². The maximum absolute atomic E-state index is 11.5. The van der Waals surface area contributed by atoms with Gasteiger partial charge in [-0.05, 0) is 29.8 Å². The largest absolute Gasteiger partial charge is 0.507 e. The standard InChI is InChI=1S/C28H28N2O13/c1-39-25-18(42-28-24(36)22(34)23(35)26(43-28)27(37)38)9-17-20(21(25)33)14(31)8-16(41-17)11-2-4-12(5-3-11)40-10-15(32)13-6-7-19(29)30-13/h2-9,15-16,22-24,26,28-29,31-36H,10H2,1H3,(H,37,38)/t15-,16?,22+,23-,24+,26-,28+/m0/s1. The van der Waals surface area contributed by atoms with Crippen LogP contribution in [0.1, 0.15) is 17.2 Å². The number of hydrogen-bond acceptors (Lipinski definition) is 13. The number of carbonyl (C=O) groups is 1. The molecular weight excluding hydrogens is 572 g/mol. The molecule has 0 spiro atoms. The molecule has 7 atom stereocenters. The molecule has 0 radical (unpaired) electrons. The molecule has 15 nitrogen and oxygen atoms in total. The van der Waals surface area contributed by atoms with Crippen molar-refractivity contribution in [2.45, 2.75) is 42.9 Å². The van der Waals surface area contributed by atoms with Gasteiger partial charge < -0.3 is 59.4 Å². The molecule has 0 aromatic heterocycles. The second kappa shape index (κ2) is 11.9. The number of carboxylic acid groups (broad SMARTS) is 1. The van der Waals surface area contributed by atoms with E-state index in [4.69, 9.17) is 29.1 Å². The molecule has 3 aliphatic rings. The minimum Gasteiger partial charge on any atom is -0.507 e. The van der Waals surface area contributed by atoms with Crippen LogP contribution in [-0.4, -0.2) is 104 Å². The first-order valence-corrected chi connectivity index (χ1v) is 12.9. The number of ether oxygens (including phenoxy) is 5. The Bertz CT molecular complexity index is 1500. The minimum atomic E-state index is -1.94. The first-order chi connectivity index (χ1) is 20.5. The van der Waals surface area contributed by atoms with Crippen LogP contribution < -0.4 is 18.9 Å². The predicted octanol–water partition coefficient (Wildman–Crippen LogP) is 0.432. The SMILES string of the molecule is COc1c(O[C@@H]2O[C@H](C(=O)O)[C@@H](O)[C@@H](O)[C@H]2O)cc2c(c1O)C(O)=CC(c1ccc(OC[C@H](O)C3=NC(=N)C=C3)cc1)O2. The summed E-state index contributed by atoms with van der Waals surface area (Å²) in [7, 11) is 1.18. The molecule has 1 unspecified atom stereocenters. The highest BCUT2D eigenvalue weighted by Gasteiger charge is 2.48. The van der Waals surface area contributed by atoms with Gasteiger partial charge in [-0.3, -0.25) is 5.41 Å². The zero-order valence-electron chi connectivity index (χ0n) is 22.4. The van der Waals surface area contributed by atoms with Crippen molar-refractivity contribution in [3.63, 3.8) is 0 Å². The third kappa shape index (κ3) is 5.84. The molecule has 0 bridgehead atoms. The smallest absolute Gasteiger partial charge is 0.335 e. The van der Waals surface area contributed by atoms with Gasteiger partial charge >= 0.3 is 5.97 Å². The van der Waals surface area contributed by atoms with E-state index in [1.807, 2.05) is 0 Å². The number of carboxylic acids is 1. The van der Waals surface area contributed by atoms with Gasteiger partial charge in [0.05, 0.1) is 12.8 Å². The third-order valence-electron chi connectivity index (χ3n) is 6.88. The first-order valence-electron chi connectivity index (χ1n) is 12.9. The van der Waals surface area contributed by atoms with Gasteiger partial charge in [-0.25, -0.2) is 9.79 Å². The topological polar surface area (TPSA) is 241 Å². The van der Waals surface area contributed by atoms with Gasteiger partial charge in [0, 0.05) is 12.1 Å². The van der Waals surface area contributed by atoms with Gasteiger partial charge in [0.25, 0.3) is 0 Å². The first kappa shape index (κ1) is 29.8. The fourth-order valence-electron chi connectivity index (χ4n) is 4.64. The van der Waals surface area contributed by atoms with Crippen LogP contribution in [0.2, 0.25) is 0 Å². The van der Waals surface area contributed by atoms with Crippen LogP contribution in [0.15, 0.2) is 53.6 Å². The van der Waals surface area contributed by atoms with Gasteiger partial charge in [0.1, 0.15) is 65.8 Å². The molecule has 0 aliphatic carbocycles. The van der Waals surface area contributed by atoms with E-state index in [2.05, 4.69) is 4.99 Å². The van der Waals surface area contributed by atoms with Crippen molar-refractivity contribution in [3.8, 4) is 28.7 Å². The number of rotatable bonds is 9. The molecule has 5 rings (SSSR count). The van der Waals surface area contributed by atoms with E-state index in [9.17, 15) is 40.5 Å². The maximum Gasteiger partial charge on any atom is 0.335 e. The molecule has 1 saturated heterocycles. The number of nitrogens with one attached hydrogen (secondary N) is 1. The van der Waals surface area contributed by atoms with E-state index < -0.39 is 54.6 Å². The summed E-state index contributed by atoms with van der Waals surface area (Å²) >= 11 is 0. The minimum absolute atomic E-state index is 0.0413. The highest BCUT2D eigenvalue weighted by atomic mass is 16.7. The summed E-state index contributed by atoms with van der Waals surface area (Å²) < 4.78 is 27.5. The molecule has 3 heterocycles. The Morgan fingerprint density at radius 2 is 1.81 bits per heavy atom. The van der Waals surface area contributed by atoms with Gasteiger partial charge in [-0.15, -0.1) is 0 Å². The number of aliphatic imine (C=N–C) groups is 1. The summed E-state index contributed by atoms with van der Waals surface area (Å²) in [6.45, 7) is -0.101. The molecule has 0 saturated carbocycles. The Balaban J connectivity index is 1.34. The fraction of sp³-hybridized carbons (Fsp3) is 0.321. The van der Waals surface area contributed by atoms with Crippen molar-refractivity contribution in [2.75, 3.05) is 13.7 Å². The van der Waals surface area contributed by atoms with Crippen LogP contribution in [0.3, 0.4) is 0 Å². The summed E-state index contributed by atoms with van der Waals surface area (Å²) in [6, 6.07) is 7.73. The number of aromatic hydroxyl groups is 1. The van der Waals surface area contributed by atoms with E-state index in [0.717, 1.165) is 0 Å². The number of aliphatic hydroxyl groups excluding tert-OH is 5. The average molecular weight is 601 g/mol. The number of phenolic OH excluding ortho intramolecular Hbond substituents is 1. The zero-order chi connectivity index (χ0) is 31.0. The Kier molecular flexibility index (Phi) is 8.25. The van der Waals surface area contributed by atoms with E-state index in [0.29, 0.717) is 17.0 Å². The van der Waals surface area contributed by atoms with E-state index in [1.165, 1.54) is 31.4 Å². The molecule has 3 aliphatic heterocycles. The van der Waals surface area contributed by atoms with Crippen molar-refractivity contribution < 1.29 is 64.2 Å². The normalized spacial score (nSPS) is 27.0. The van der Waals surface area contributed by atoms with Gasteiger partial charge in [0.2, 0.25) is 12.0 Å². The molecule has 2 aromatic carbocycles. The summed E-state index contributed by atoms with van der Waals surface area (Å²) in [5.74, 6) is -2.78. The summed E-state index contributed by atoms with van der Waals surface area (Å²) in [5, 5.41) is 79.0. The predicted molar refractivity (Wildman–Crippen MR) is 146 cm³/mol. The van der Waals surface area contributed by atoms with Crippen LogP contribution in [0.4, 0.5) is 0 Å². The Morgan fingerprint density at radius 1 is 1.09 bits per heavy atom. The second-order valence-electron chi connectivity index (χ2n) is 9.72. The molecule has 1 fully saturated rings. The lowest BCUT2D eigenvalue weighted by atomic mass is 9.99. The Hall–Kier alpha value is -4.67. The number of benzene rings is 2. The molecule has 228 valence electrons. The highest BCUT2D eigenvalue weighted by Crippen LogP contribution is 2.50. The Morgan fingerprint density at radius 3 is 2.44 bits per heavy atom. The van der Waals surface area contributed by atoms with Crippen LogP contribution >= 0.6 is 0 Å². The number of aliphatic carboxylic acids is 1. The van der Waals surface area contributed by atoms with E-state index in [1.54, 1.807) is 24.3 Å². The van der Waals surface area contributed by atoms with Crippen molar-refractivity contribution in [1.82, 2.24) is 0 Å². The van der Waals surface area contributed by atoms with E-state index >= 15 is 0 Å². The van der Waals surface area contributed by atoms with E-state index in [-0.39, 0.29) is 41.0 Å². The third-order valence-corrected chi connectivity index (χ3v) is 6.88. The van der Waals surface area contributed by atoms with Crippen molar-refractivity contribution >= 4 is 23.3 Å². The van der Waals surface area contributed by atoms with Crippen molar-refractivity contribution in [1.29, 1.82) is 5.41 Å². The zero-order valence-corrected chi connectivity index (χ0v) is 22.4. The lowest BCUT2D eigenvalue weighted by Gasteiger charge is -2.38. The second-order valence-corrected chi connectivity index (χ2v) is 9.72. The van der Waals surface area contributed by atoms with Gasteiger partial charge in [0.15, 0.2) is 17.6 Å². The number of phenols is 1. The maximum atomic E-state index is 11.5. The molecule has 2 aromatic rings. The number of aliphatic hydroxyl groups is 5. The van der Waals surface area contributed by atoms with Crippen LogP contribution in [0.5, 0.6) is 28.7 Å². The lowest BCUT2D eigenvalue weighted by molar-refractivity contribution is -0.271. The van der Waals surface area contributed by atoms with Crippen molar-refractivity contribution in [2.24, 2.45) is 4.99 Å². The monoisotopic (exact) mass is 600 g/mol. The van der Waals surface area contributed by atoms with Crippen LogP contribution in [0.25, 0.3) is 5.76 Å². The highest BCUT2D eigenvalue weighted by molar-refractivity contribution is 6.15. The number of nitrogens with zero attached hydrogens (tertiary/aromatic N) is 1. The van der Waals surface area contributed by atoms with Crippen LogP contribution in [-0.2, 0) is 9.53 Å². The summed E-state index contributed by atoms with van der Waals surface area (Å²) in [5.41, 5.74) is 0.752. The number of fused-ring (bicyclic) bond motifs is 1. The molecule has 0 amide bonds. The molecule has 15 heteroatoms. The number of methoxy groups -OCH3 is 1. The molecule has 43 heavy (non-hydrogen) atoms. The number of hydrogen-bond donors (Lipinski definition) is 8. The summed E-state index contributed by atoms with van der Waals surface area (Å²) in [4.78, 5) is 15.3. The quantitative estimate of drug-likeness (QED) is 0.195. The van der Waals surface area contributed by atoms with Gasteiger partial charge in [-0.2, -0.15) is 0 Å². The molecular formula is C28H28N2O13. The Labute approximate surface area is 243 Å². The summed E-state index contributed by atoms with van der Waals surface area (Å²) in [6.07, 6.45) is -7.03. The molecule has 8 N–H and O–H groups in total. The van der Waals surface area contributed by atoms with Crippen LogP contribution in [0, 0.1) is 5.41 Å². The fourth-order valence-corrected chi connectivity index (χ4v) is 4.64. The number of amidine groups is 1. The average Bonchev–Trinajstić information content (AvgIpc) is 3.42. The van der Waals surface area contributed by atoms with Gasteiger partial charge in [-0.1, -0.05) is 12.1 Å². The lowest BCUT2D eigenvalue weighted by Crippen LogP contribution is -2.61.